The summed E-state index contributed by atoms with van der Waals surface area (Å²) < 4.78 is 5.75. The number of carbonyl (C=O) groups excluding carboxylic acids is 2. The second kappa shape index (κ2) is 9.27. The first kappa shape index (κ1) is 22.4. The van der Waals surface area contributed by atoms with Crippen LogP contribution in [0.4, 0.5) is 4.79 Å². The number of hydrogen-bond donors (Lipinski definition) is 2. The Bertz CT molecular complexity index is 763. The van der Waals surface area contributed by atoms with Crippen LogP contribution in [0.3, 0.4) is 0 Å². The van der Waals surface area contributed by atoms with Gasteiger partial charge in [-0.2, -0.15) is 0 Å². The minimum absolute atomic E-state index is 0.00159. The quantitative estimate of drug-likeness (QED) is 0.763. The number of aromatic hydroxyl groups is 1. The van der Waals surface area contributed by atoms with Crippen LogP contribution in [0.1, 0.15) is 64.0 Å². The average Bonchev–Trinajstić information content (AvgIpc) is 3.19. The molecule has 1 atom stereocenters. The maximum absolute atomic E-state index is 12.6. The summed E-state index contributed by atoms with van der Waals surface area (Å²) in [6, 6.07) is 5.30. The fourth-order valence-corrected chi connectivity index (χ4v) is 4.56. The van der Waals surface area contributed by atoms with Gasteiger partial charge in [-0.25, -0.2) is 4.79 Å². The van der Waals surface area contributed by atoms with E-state index in [1.54, 1.807) is 17.0 Å². The fourth-order valence-electron chi connectivity index (χ4n) is 4.56. The van der Waals surface area contributed by atoms with Gasteiger partial charge in [0, 0.05) is 19.6 Å². The van der Waals surface area contributed by atoms with Crippen LogP contribution < -0.4 is 5.32 Å². The van der Waals surface area contributed by atoms with Gasteiger partial charge in [0.1, 0.15) is 11.9 Å². The van der Waals surface area contributed by atoms with Crippen molar-refractivity contribution in [3.8, 4) is 5.75 Å². The molecule has 6 heteroatoms. The summed E-state index contributed by atoms with van der Waals surface area (Å²) in [5.74, 6) is 0.695. The molecular formula is C24H36N2O4. The van der Waals surface area contributed by atoms with Gasteiger partial charge in [0.25, 0.3) is 0 Å². The maximum atomic E-state index is 12.6. The number of rotatable bonds is 4. The first-order valence-electron chi connectivity index (χ1n) is 11.1. The molecule has 1 saturated carbocycles. The number of nitrogens with one attached hydrogen (secondary N) is 1. The molecule has 1 aliphatic heterocycles. The van der Waals surface area contributed by atoms with E-state index < -0.39 is 0 Å². The minimum Gasteiger partial charge on any atom is -0.508 e. The Morgan fingerprint density at radius 1 is 1.17 bits per heavy atom. The smallest absolute Gasteiger partial charge is 0.410 e. The van der Waals surface area contributed by atoms with Gasteiger partial charge < -0.3 is 20.1 Å². The lowest BCUT2D eigenvalue weighted by atomic mass is 9.72. The van der Waals surface area contributed by atoms with E-state index in [4.69, 9.17) is 4.74 Å². The molecule has 2 fully saturated rings. The van der Waals surface area contributed by atoms with Crippen molar-refractivity contribution in [1.82, 2.24) is 10.2 Å². The SMILES string of the molecule is Cc1cc(CNC(=O)[C@@H]2CCN(C(=O)OC3CCC(C(C)(C)C)CC3)C2)ccc1O. The second-order valence-corrected chi connectivity index (χ2v) is 9.99. The fraction of sp³-hybridized carbons (Fsp3) is 0.667. The highest BCUT2D eigenvalue weighted by molar-refractivity contribution is 5.80. The van der Waals surface area contributed by atoms with E-state index in [1.165, 1.54) is 0 Å². The van der Waals surface area contributed by atoms with E-state index in [0.29, 0.717) is 37.4 Å². The molecule has 30 heavy (non-hydrogen) atoms. The lowest BCUT2D eigenvalue weighted by molar-refractivity contribution is -0.124. The van der Waals surface area contributed by atoms with Gasteiger partial charge in [-0.05, 0) is 67.6 Å². The van der Waals surface area contributed by atoms with Crippen LogP contribution in [0.15, 0.2) is 18.2 Å². The highest BCUT2D eigenvalue weighted by Gasteiger charge is 2.35. The molecule has 0 spiro atoms. The highest BCUT2D eigenvalue weighted by Crippen LogP contribution is 2.38. The number of carbonyl (C=O) groups is 2. The third-order valence-electron chi connectivity index (χ3n) is 6.71. The predicted octanol–water partition coefficient (Wildman–Crippen LogP) is 4.38. The predicted molar refractivity (Wildman–Crippen MR) is 116 cm³/mol. The van der Waals surface area contributed by atoms with Crippen LogP contribution >= 0.6 is 0 Å². The Kier molecular flexibility index (Phi) is 6.94. The molecule has 1 heterocycles. The standard InChI is InChI=1S/C24H36N2O4/c1-16-13-17(5-10-21(16)27)14-25-22(28)18-11-12-26(15-18)23(29)30-20-8-6-19(7-9-20)24(2,3)4/h5,10,13,18-20,27H,6-9,11-12,14-15H2,1-4H3,(H,25,28)/t18-,19?,20?/m1/s1. The van der Waals surface area contributed by atoms with Crippen molar-refractivity contribution < 1.29 is 19.4 Å². The average molecular weight is 417 g/mol. The Morgan fingerprint density at radius 2 is 1.87 bits per heavy atom. The number of phenols is 1. The van der Waals surface area contributed by atoms with Gasteiger partial charge in [-0.15, -0.1) is 0 Å². The molecule has 166 valence electrons. The summed E-state index contributed by atoms with van der Waals surface area (Å²) in [7, 11) is 0. The molecule has 3 rings (SSSR count). The Morgan fingerprint density at radius 3 is 2.50 bits per heavy atom. The van der Waals surface area contributed by atoms with Crippen molar-refractivity contribution >= 4 is 12.0 Å². The van der Waals surface area contributed by atoms with Crippen LogP contribution in [0.2, 0.25) is 0 Å². The zero-order valence-electron chi connectivity index (χ0n) is 18.7. The van der Waals surface area contributed by atoms with Crippen LogP contribution in [0.5, 0.6) is 5.75 Å². The summed E-state index contributed by atoms with van der Waals surface area (Å²) in [5.41, 5.74) is 2.04. The number of phenolic OH excluding ortho intramolecular Hbond substituents is 1. The van der Waals surface area contributed by atoms with Crippen molar-refractivity contribution in [3.63, 3.8) is 0 Å². The number of likely N-dealkylation sites (tertiary alicyclic amines) is 1. The monoisotopic (exact) mass is 416 g/mol. The molecule has 1 aliphatic carbocycles. The zero-order valence-corrected chi connectivity index (χ0v) is 18.7. The topological polar surface area (TPSA) is 78.9 Å². The van der Waals surface area contributed by atoms with E-state index in [2.05, 4.69) is 26.1 Å². The molecule has 1 aromatic rings. The van der Waals surface area contributed by atoms with Crippen molar-refractivity contribution in [2.75, 3.05) is 13.1 Å². The number of aryl methyl sites for hydroxylation is 1. The Hall–Kier alpha value is -2.24. The molecule has 1 saturated heterocycles. The van der Waals surface area contributed by atoms with Crippen LogP contribution in [-0.2, 0) is 16.1 Å². The first-order chi connectivity index (χ1) is 14.1. The lowest BCUT2D eigenvalue weighted by Crippen LogP contribution is -2.37. The maximum Gasteiger partial charge on any atom is 0.410 e. The molecule has 6 nitrogen and oxygen atoms in total. The van der Waals surface area contributed by atoms with E-state index in [9.17, 15) is 14.7 Å². The van der Waals surface area contributed by atoms with Gasteiger partial charge in [-0.3, -0.25) is 4.79 Å². The molecule has 0 radical (unpaired) electrons. The summed E-state index contributed by atoms with van der Waals surface area (Å²) in [4.78, 5) is 26.7. The summed E-state index contributed by atoms with van der Waals surface area (Å²) in [5, 5.41) is 12.6. The van der Waals surface area contributed by atoms with E-state index in [0.717, 1.165) is 36.8 Å². The number of ether oxygens (including phenoxy) is 1. The molecule has 2 aliphatic rings. The lowest BCUT2D eigenvalue weighted by Gasteiger charge is -2.37. The van der Waals surface area contributed by atoms with Crippen LogP contribution in [-0.4, -0.2) is 41.2 Å². The molecule has 0 aromatic heterocycles. The number of hydrogen-bond acceptors (Lipinski definition) is 4. The number of benzene rings is 1. The van der Waals surface area contributed by atoms with Crippen molar-refractivity contribution in [3.05, 3.63) is 29.3 Å². The molecule has 0 unspecified atom stereocenters. The van der Waals surface area contributed by atoms with Gasteiger partial charge in [0.2, 0.25) is 5.91 Å². The van der Waals surface area contributed by atoms with Gasteiger partial charge in [0.05, 0.1) is 5.92 Å². The Labute approximate surface area is 180 Å². The molecule has 0 bridgehead atoms. The highest BCUT2D eigenvalue weighted by atomic mass is 16.6. The molecular weight excluding hydrogens is 380 g/mol. The van der Waals surface area contributed by atoms with Gasteiger partial charge >= 0.3 is 6.09 Å². The van der Waals surface area contributed by atoms with E-state index in [-0.39, 0.29) is 29.8 Å². The Balaban J connectivity index is 1.41. The van der Waals surface area contributed by atoms with Crippen LogP contribution in [0.25, 0.3) is 0 Å². The van der Waals surface area contributed by atoms with Gasteiger partial charge in [0.15, 0.2) is 0 Å². The van der Waals surface area contributed by atoms with Crippen molar-refractivity contribution in [2.24, 2.45) is 17.3 Å². The summed E-state index contributed by atoms with van der Waals surface area (Å²) in [6.07, 6.45) is 4.44. The molecule has 2 N–H and O–H groups in total. The first-order valence-corrected chi connectivity index (χ1v) is 11.1. The molecule has 2 amide bonds. The second-order valence-electron chi connectivity index (χ2n) is 9.99. The van der Waals surface area contributed by atoms with E-state index in [1.807, 2.05) is 13.0 Å². The van der Waals surface area contributed by atoms with Crippen LogP contribution in [0, 0.1) is 24.2 Å². The summed E-state index contributed by atoms with van der Waals surface area (Å²) >= 11 is 0. The third kappa shape index (κ3) is 5.67. The zero-order chi connectivity index (χ0) is 21.9. The molecule has 1 aromatic carbocycles. The van der Waals surface area contributed by atoms with E-state index >= 15 is 0 Å². The number of amides is 2. The third-order valence-corrected chi connectivity index (χ3v) is 6.71. The normalized spacial score (nSPS) is 24.5. The van der Waals surface area contributed by atoms with Crippen molar-refractivity contribution in [1.29, 1.82) is 0 Å². The largest absolute Gasteiger partial charge is 0.508 e. The number of nitrogens with zero attached hydrogens (tertiary/aromatic N) is 1. The minimum atomic E-state index is -0.279. The van der Waals surface area contributed by atoms with Crippen molar-refractivity contribution in [2.45, 2.75) is 72.4 Å². The summed E-state index contributed by atoms with van der Waals surface area (Å²) in [6.45, 7) is 10.1. The van der Waals surface area contributed by atoms with Gasteiger partial charge in [-0.1, -0.05) is 32.9 Å².